The molecule has 0 radical (unpaired) electrons. The Labute approximate surface area is 121 Å². The average Bonchev–Trinajstić information content (AvgIpc) is 2.43. The first kappa shape index (κ1) is 13.8. The molecule has 1 unspecified atom stereocenters. The van der Waals surface area contributed by atoms with Crippen molar-refractivity contribution in [2.24, 2.45) is 0 Å². The number of nitrogens with two attached hydrogens (primary N) is 1. The van der Waals surface area contributed by atoms with E-state index >= 15 is 0 Å². The van der Waals surface area contributed by atoms with Gasteiger partial charge in [0.25, 0.3) is 0 Å². The van der Waals surface area contributed by atoms with Crippen molar-refractivity contribution in [2.45, 2.75) is 25.8 Å². The fourth-order valence-corrected chi connectivity index (χ4v) is 2.14. The largest absolute Gasteiger partial charge is 0.383 e. The van der Waals surface area contributed by atoms with E-state index in [1.54, 1.807) is 0 Å². The lowest BCUT2D eigenvalue weighted by Gasteiger charge is -2.15. The Morgan fingerprint density at radius 3 is 2.74 bits per heavy atom. The van der Waals surface area contributed by atoms with Crippen LogP contribution in [0.15, 0.2) is 41.1 Å². The number of hydrogen-bond donors (Lipinski definition) is 2. The van der Waals surface area contributed by atoms with Gasteiger partial charge in [0.2, 0.25) is 0 Å². The topological polar surface area (TPSA) is 63.8 Å². The SMILES string of the molecule is CC(CCc1ccccc1)Nc1ncnc(N)c1Br. The summed E-state index contributed by atoms with van der Waals surface area (Å²) in [5.41, 5.74) is 7.07. The van der Waals surface area contributed by atoms with Gasteiger partial charge in [0.05, 0.1) is 0 Å². The van der Waals surface area contributed by atoms with Crippen LogP contribution in [0, 0.1) is 0 Å². The predicted molar refractivity (Wildman–Crippen MR) is 82.0 cm³/mol. The minimum atomic E-state index is 0.311. The highest BCUT2D eigenvalue weighted by atomic mass is 79.9. The van der Waals surface area contributed by atoms with Gasteiger partial charge in [0, 0.05) is 6.04 Å². The van der Waals surface area contributed by atoms with Crippen molar-refractivity contribution in [1.29, 1.82) is 0 Å². The first-order chi connectivity index (χ1) is 9.16. The van der Waals surface area contributed by atoms with Crippen LogP contribution in [0.2, 0.25) is 0 Å². The molecule has 0 aliphatic carbocycles. The van der Waals surface area contributed by atoms with E-state index in [1.807, 2.05) is 6.07 Å². The minimum Gasteiger partial charge on any atom is -0.383 e. The van der Waals surface area contributed by atoms with E-state index < -0.39 is 0 Å². The van der Waals surface area contributed by atoms with E-state index in [9.17, 15) is 0 Å². The Kier molecular flexibility index (Phi) is 4.74. The predicted octanol–water partition coefficient (Wildman–Crippen LogP) is 3.25. The maximum Gasteiger partial charge on any atom is 0.146 e. The smallest absolute Gasteiger partial charge is 0.146 e. The van der Waals surface area contributed by atoms with Crippen LogP contribution in [0.1, 0.15) is 18.9 Å². The molecule has 0 saturated carbocycles. The quantitative estimate of drug-likeness (QED) is 0.887. The Hall–Kier alpha value is -1.62. The Bertz CT molecular complexity index is 530. The maximum absolute atomic E-state index is 5.72. The summed E-state index contributed by atoms with van der Waals surface area (Å²) in [4.78, 5) is 8.10. The van der Waals surface area contributed by atoms with Crippen LogP contribution in [-0.4, -0.2) is 16.0 Å². The number of nitrogen functional groups attached to an aromatic ring is 1. The molecule has 19 heavy (non-hydrogen) atoms. The Morgan fingerprint density at radius 1 is 1.26 bits per heavy atom. The molecule has 0 saturated heterocycles. The number of anilines is 2. The summed E-state index contributed by atoms with van der Waals surface area (Å²) in [5, 5.41) is 3.34. The van der Waals surface area contributed by atoms with E-state index in [0.29, 0.717) is 11.9 Å². The molecule has 0 aliphatic rings. The number of halogens is 1. The summed E-state index contributed by atoms with van der Waals surface area (Å²) in [6, 6.07) is 10.8. The third-order valence-electron chi connectivity index (χ3n) is 2.91. The molecule has 5 heteroatoms. The third-order valence-corrected chi connectivity index (χ3v) is 3.69. The second-order valence-corrected chi connectivity index (χ2v) is 5.28. The van der Waals surface area contributed by atoms with Crippen molar-refractivity contribution >= 4 is 27.6 Å². The molecule has 4 nitrogen and oxygen atoms in total. The Morgan fingerprint density at radius 2 is 2.00 bits per heavy atom. The highest BCUT2D eigenvalue weighted by Gasteiger charge is 2.09. The van der Waals surface area contributed by atoms with E-state index in [2.05, 4.69) is 62.4 Å². The molecule has 3 N–H and O–H groups in total. The number of aryl methyl sites for hydroxylation is 1. The molecular formula is C14H17BrN4. The molecule has 2 rings (SSSR count). The van der Waals surface area contributed by atoms with Gasteiger partial charge >= 0.3 is 0 Å². The normalized spacial score (nSPS) is 12.1. The van der Waals surface area contributed by atoms with Gasteiger partial charge < -0.3 is 11.1 Å². The molecule has 1 aromatic heterocycles. The second-order valence-electron chi connectivity index (χ2n) is 4.49. The fourth-order valence-electron chi connectivity index (χ4n) is 1.82. The number of hydrogen-bond acceptors (Lipinski definition) is 4. The van der Waals surface area contributed by atoms with Crippen LogP contribution < -0.4 is 11.1 Å². The third kappa shape index (κ3) is 3.92. The van der Waals surface area contributed by atoms with Crippen molar-refractivity contribution in [3.63, 3.8) is 0 Å². The van der Waals surface area contributed by atoms with Crippen LogP contribution >= 0.6 is 15.9 Å². The lowest BCUT2D eigenvalue weighted by atomic mass is 10.1. The summed E-state index contributed by atoms with van der Waals surface area (Å²) in [7, 11) is 0. The molecule has 100 valence electrons. The molecule has 0 aliphatic heterocycles. The summed E-state index contributed by atoms with van der Waals surface area (Å²) in [6.45, 7) is 2.13. The minimum absolute atomic E-state index is 0.311. The van der Waals surface area contributed by atoms with E-state index in [4.69, 9.17) is 5.73 Å². The maximum atomic E-state index is 5.72. The van der Waals surface area contributed by atoms with E-state index in [0.717, 1.165) is 23.1 Å². The van der Waals surface area contributed by atoms with E-state index in [-0.39, 0.29) is 0 Å². The number of nitrogens with zero attached hydrogens (tertiary/aromatic N) is 2. The molecule has 0 spiro atoms. The molecule has 0 fully saturated rings. The fraction of sp³-hybridized carbons (Fsp3) is 0.286. The molecule has 2 aromatic rings. The van der Waals surface area contributed by atoms with Gasteiger partial charge in [-0.25, -0.2) is 9.97 Å². The zero-order valence-corrected chi connectivity index (χ0v) is 12.4. The Balaban J connectivity index is 1.91. The lowest BCUT2D eigenvalue weighted by molar-refractivity contribution is 0.702. The number of nitrogens with one attached hydrogen (secondary N) is 1. The van der Waals surface area contributed by atoms with E-state index in [1.165, 1.54) is 11.9 Å². The standard InChI is InChI=1S/C14H17BrN4/c1-10(7-8-11-5-3-2-4-6-11)19-14-12(15)13(16)17-9-18-14/h2-6,9-10H,7-8H2,1H3,(H3,16,17,18,19). The molecule has 1 atom stereocenters. The van der Waals surface area contributed by atoms with Crippen LogP contribution in [0.4, 0.5) is 11.6 Å². The van der Waals surface area contributed by atoms with Gasteiger partial charge in [-0.1, -0.05) is 30.3 Å². The van der Waals surface area contributed by atoms with Crippen molar-refractivity contribution in [1.82, 2.24) is 9.97 Å². The molecule has 0 amide bonds. The van der Waals surface area contributed by atoms with Gasteiger partial charge in [-0.3, -0.25) is 0 Å². The van der Waals surface area contributed by atoms with Gasteiger partial charge in [-0.15, -0.1) is 0 Å². The summed E-state index contributed by atoms with van der Waals surface area (Å²) in [6.07, 6.45) is 3.53. The van der Waals surface area contributed by atoms with Crippen molar-refractivity contribution in [2.75, 3.05) is 11.1 Å². The van der Waals surface area contributed by atoms with Crippen molar-refractivity contribution < 1.29 is 0 Å². The average molecular weight is 321 g/mol. The zero-order valence-electron chi connectivity index (χ0n) is 10.8. The highest BCUT2D eigenvalue weighted by Crippen LogP contribution is 2.24. The number of benzene rings is 1. The first-order valence-corrected chi connectivity index (χ1v) is 7.02. The molecule has 0 bridgehead atoms. The molecular weight excluding hydrogens is 304 g/mol. The summed E-state index contributed by atoms with van der Waals surface area (Å²) >= 11 is 3.39. The first-order valence-electron chi connectivity index (χ1n) is 6.23. The van der Waals surface area contributed by atoms with Crippen LogP contribution in [0.25, 0.3) is 0 Å². The molecule has 1 aromatic carbocycles. The summed E-state index contributed by atoms with van der Waals surface area (Å²) < 4.78 is 0.724. The molecule has 1 heterocycles. The second kappa shape index (κ2) is 6.52. The van der Waals surface area contributed by atoms with Gasteiger partial charge in [-0.05, 0) is 41.3 Å². The van der Waals surface area contributed by atoms with Gasteiger partial charge in [-0.2, -0.15) is 0 Å². The summed E-state index contributed by atoms with van der Waals surface area (Å²) in [5.74, 6) is 1.20. The lowest BCUT2D eigenvalue weighted by Crippen LogP contribution is -2.17. The number of aromatic nitrogens is 2. The van der Waals surface area contributed by atoms with Crippen LogP contribution in [0.5, 0.6) is 0 Å². The van der Waals surface area contributed by atoms with Crippen molar-refractivity contribution in [3.05, 3.63) is 46.7 Å². The zero-order chi connectivity index (χ0) is 13.7. The van der Waals surface area contributed by atoms with Crippen LogP contribution in [-0.2, 0) is 6.42 Å². The van der Waals surface area contributed by atoms with Crippen molar-refractivity contribution in [3.8, 4) is 0 Å². The monoisotopic (exact) mass is 320 g/mol. The van der Waals surface area contributed by atoms with Gasteiger partial charge in [0.15, 0.2) is 0 Å². The van der Waals surface area contributed by atoms with Crippen LogP contribution in [0.3, 0.4) is 0 Å². The van der Waals surface area contributed by atoms with Gasteiger partial charge in [0.1, 0.15) is 22.4 Å². The number of rotatable bonds is 5. The highest BCUT2D eigenvalue weighted by molar-refractivity contribution is 9.10.